The van der Waals surface area contributed by atoms with E-state index in [1.165, 1.54) is 11.8 Å². The Morgan fingerprint density at radius 1 is 1.53 bits per heavy atom. The summed E-state index contributed by atoms with van der Waals surface area (Å²) in [5.41, 5.74) is 0. The molecule has 0 aliphatic carbocycles. The topological polar surface area (TPSA) is 56.5 Å². The highest BCUT2D eigenvalue weighted by atomic mass is 79.9. The first-order valence-corrected chi connectivity index (χ1v) is 5.85. The molecule has 5 nitrogen and oxygen atoms in total. The van der Waals surface area contributed by atoms with E-state index in [9.17, 15) is 0 Å². The first kappa shape index (κ1) is 10.8. The minimum atomic E-state index is 0.211. The van der Waals surface area contributed by atoms with Crippen LogP contribution in [0.4, 0.5) is 0 Å². The van der Waals surface area contributed by atoms with Gasteiger partial charge in [-0.1, -0.05) is 0 Å². The molecule has 8 heteroatoms. The molecule has 2 aromatic heterocycles. The van der Waals surface area contributed by atoms with Crippen LogP contribution in [0, 0.1) is 0 Å². The Hall–Kier alpha value is -0.660. The van der Waals surface area contributed by atoms with Crippen LogP contribution in [0.1, 0.15) is 0 Å². The van der Waals surface area contributed by atoms with Gasteiger partial charge >= 0.3 is 0 Å². The Kier molecular flexibility index (Phi) is 3.22. The van der Waals surface area contributed by atoms with Gasteiger partial charge in [0.05, 0.1) is 4.47 Å². The van der Waals surface area contributed by atoms with Crippen molar-refractivity contribution in [3.05, 3.63) is 22.3 Å². The summed E-state index contributed by atoms with van der Waals surface area (Å²) in [6, 6.07) is 0. The fraction of sp³-hybridized carbons (Fsp3) is 0.143. The van der Waals surface area contributed by atoms with E-state index in [0.29, 0.717) is 5.03 Å². The third kappa shape index (κ3) is 2.47. The molecule has 15 heavy (non-hydrogen) atoms. The summed E-state index contributed by atoms with van der Waals surface area (Å²) in [6.07, 6.45) is 3.23. The standard InChI is InChI=1S/C7H5BrClN5S/c1-14-3-11-13-7(14)15-5-4(8)2-10-6(9)12-5/h2-3H,1H3. The fourth-order valence-corrected chi connectivity index (χ4v) is 2.21. The molecular formula is C7H5BrClN5S. The van der Waals surface area contributed by atoms with Gasteiger partial charge in [0.2, 0.25) is 5.28 Å². The third-order valence-corrected chi connectivity index (χ3v) is 3.62. The Labute approximate surface area is 103 Å². The Morgan fingerprint density at radius 2 is 2.33 bits per heavy atom. The maximum absolute atomic E-state index is 5.70. The zero-order chi connectivity index (χ0) is 10.8. The highest BCUT2D eigenvalue weighted by Gasteiger charge is 2.09. The van der Waals surface area contributed by atoms with Crippen molar-refractivity contribution in [3.8, 4) is 0 Å². The van der Waals surface area contributed by atoms with Gasteiger partial charge in [-0.25, -0.2) is 9.97 Å². The molecule has 0 N–H and O–H groups in total. The number of hydrogen-bond acceptors (Lipinski definition) is 5. The van der Waals surface area contributed by atoms with E-state index in [1.54, 1.807) is 17.1 Å². The molecular weight excluding hydrogens is 302 g/mol. The molecule has 0 bridgehead atoms. The normalized spacial score (nSPS) is 10.6. The SMILES string of the molecule is Cn1cnnc1Sc1nc(Cl)ncc1Br. The van der Waals surface area contributed by atoms with Crippen molar-refractivity contribution < 1.29 is 0 Å². The summed E-state index contributed by atoms with van der Waals surface area (Å²) < 4.78 is 2.58. The van der Waals surface area contributed by atoms with Crippen molar-refractivity contribution in [1.29, 1.82) is 0 Å². The van der Waals surface area contributed by atoms with Crippen LogP contribution < -0.4 is 0 Å². The Balaban J connectivity index is 2.32. The van der Waals surface area contributed by atoms with E-state index in [0.717, 1.165) is 9.63 Å². The molecule has 0 amide bonds. The first-order chi connectivity index (χ1) is 7.16. The zero-order valence-electron chi connectivity index (χ0n) is 7.55. The van der Waals surface area contributed by atoms with Crippen molar-refractivity contribution >= 4 is 39.3 Å². The summed E-state index contributed by atoms with van der Waals surface area (Å²) in [6.45, 7) is 0. The zero-order valence-corrected chi connectivity index (χ0v) is 10.7. The van der Waals surface area contributed by atoms with Crippen LogP contribution in [0.5, 0.6) is 0 Å². The van der Waals surface area contributed by atoms with Crippen LogP contribution in [0.15, 0.2) is 27.2 Å². The second kappa shape index (κ2) is 4.46. The van der Waals surface area contributed by atoms with Crippen LogP contribution in [0.3, 0.4) is 0 Å². The van der Waals surface area contributed by atoms with Gasteiger partial charge in [-0.05, 0) is 39.3 Å². The van der Waals surface area contributed by atoms with E-state index in [1.807, 2.05) is 7.05 Å². The number of aryl methyl sites for hydroxylation is 1. The number of halogens is 2. The lowest BCUT2D eigenvalue weighted by Crippen LogP contribution is -1.91. The van der Waals surface area contributed by atoms with Gasteiger partial charge in [0.25, 0.3) is 0 Å². The minimum Gasteiger partial charge on any atom is -0.311 e. The lowest BCUT2D eigenvalue weighted by Gasteiger charge is -2.01. The second-order valence-corrected chi connectivity index (χ2v) is 4.77. The van der Waals surface area contributed by atoms with E-state index in [-0.39, 0.29) is 5.28 Å². The average molecular weight is 307 g/mol. The van der Waals surface area contributed by atoms with Gasteiger partial charge in [-0.2, -0.15) is 0 Å². The molecule has 0 unspecified atom stereocenters. The van der Waals surface area contributed by atoms with Crippen molar-refractivity contribution in [2.24, 2.45) is 7.05 Å². The van der Waals surface area contributed by atoms with E-state index >= 15 is 0 Å². The molecule has 0 fully saturated rings. The van der Waals surface area contributed by atoms with Gasteiger partial charge in [-0.3, -0.25) is 0 Å². The highest BCUT2D eigenvalue weighted by Crippen LogP contribution is 2.30. The third-order valence-electron chi connectivity index (χ3n) is 1.54. The monoisotopic (exact) mass is 305 g/mol. The summed E-state index contributed by atoms with van der Waals surface area (Å²) >= 11 is 10.4. The number of aromatic nitrogens is 5. The quantitative estimate of drug-likeness (QED) is 0.629. The summed E-state index contributed by atoms with van der Waals surface area (Å²) in [7, 11) is 1.86. The average Bonchev–Trinajstić information content (AvgIpc) is 2.58. The number of rotatable bonds is 2. The molecule has 2 heterocycles. The lowest BCUT2D eigenvalue weighted by atomic mass is 10.7. The highest BCUT2D eigenvalue weighted by molar-refractivity contribution is 9.10. The maximum atomic E-state index is 5.70. The number of hydrogen-bond donors (Lipinski definition) is 0. The van der Waals surface area contributed by atoms with Gasteiger partial charge in [-0.15, -0.1) is 10.2 Å². The fourth-order valence-electron chi connectivity index (χ4n) is 0.854. The molecule has 0 aromatic carbocycles. The summed E-state index contributed by atoms with van der Waals surface area (Å²) in [4.78, 5) is 7.92. The Morgan fingerprint density at radius 3 is 3.00 bits per heavy atom. The molecule has 0 saturated heterocycles. The molecule has 2 aromatic rings. The molecule has 0 saturated carbocycles. The maximum Gasteiger partial charge on any atom is 0.223 e. The van der Waals surface area contributed by atoms with Gasteiger partial charge in [0.1, 0.15) is 11.4 Å². The van der Waals surface area contributed by atoms with E-state index in [4.69, 9.17) is 11.6 Å². The molecule has 0 aliphatic rings. The molecule has 0 aliphatic heterocycles. The largest absolute Gasteiger partial charge is 0.311 e. The van der Waals surface area contributed by atoms with Crippen LogP contribution in [-0.2, 0) is 7.05 Å². The lowest BCUT2D eigenvalue weighted by molar-refractivity contribution is 0.786. The molecule has 0 atom stereocenters. The second-order valence-electron chi connectivity index (χ2n) is 2.62. The van der Waals surface area contributed by atoms with Crippen LogP contribution in [0.2, 0.25) is 5.28 Å². The van der Waals surface area contributed by atoms with Gasteiger partial charge in [0, 0.05) is 13.2 Å². The smallest absolute Gasteiger partial charge is 0.223 e. The minimum absolute atomic E-state index is 0.211. The van der Waals surface area contributed by atoms with Gasteiger partial charge < -0.3 is 4.57 Å². The van der Waals surface area contributed by atoms with E-state index < -0.39 is 0 Å². The molecule has 0 spiro atoms. The van der Waals surface area contributed by atoms with Crippen molar-refractivity contribution in [3.63, 3.8) is 0 Å². The predicted molar refractivity (Wildman–Crippen MR) is 59.9 cm³/mol. The number of nitrogens with zero attached hydrogens (tertiary/aromatic N) is 5. The summed E-state index contributed by atoms with van der Waals surface area (Å²) in [5, 5.41) is 9.37. The van der Waals surface area contributed by atoms with Crippen molar-refractivity contribution in [1.82, 2.24) is 24.7 Å². The summed E-state index contributed by atoms with van der Waals surface area (Å²) in [5.74, 6) is 0. The van der Waals surface area contributed by atoms with Gasteiger partial charge in [0.15, 0.2) is 5.16 Å². The molecule has 78 valence electrons. The molecule has 0 radical (unpaired) electrons. The first-order valence-electron chi connectivity index (χ1n) is 3.86. The molecule has 2 rings (SSSR count). The van der Waals surface area contributed by atoms with Crippen LogP contribution in [0.25, 0.3) is 0 Å². The van der Waals surface area contributed by atoms with E-state index in [2.05, 4.69) is 36.1 Å². The van der Waals surface area contributed by atoms with Crippen molar-refractivity contribution in [2.45, 2.75) is 10.2 Å². The Bertz CT molecular complexity index is 488. The van der Waals surface area contributed by atoms with Crippen LogP contribution >= 0.6 is 39.3 Å². The predicted octanol–water partition coefficient (Wildman–Crippen LogP) is 2.17. The van der Waals surface area contributed by atoms with Crippen LogP contribution in [-0.4, -0.2) is 24.7 Å². The van der Waals surface area contributed by atoms with Crippen molar-refractivity contribution in [2.75, 3.05) is 0 Å².